The Kier molecular flexibility index (Phi) is 8.39. The zero-order valence-electron chi connectivity index (χ0n) is 17.7. The van der Waals surface area contributed by atoms with Crippen molar-refractivity contribution < 1.29 is 28.6 Å². The molecule has 1 N–H and O–H groups in total. The predicted molar refractivity (Wildman–Crippen MR) is 109 cm³/mol. The number of quaternary nitrogens is 1. The molecule has 2 fully saturated rings. The molecule has 0 radical (unpaired) electrons. The molecule has 0 atom stereocenters. The van der Waals surface area contributed by atoms with E-state index >= 15 is 0 Å². The molecule has 1 aromatic rings. The van der Waals surface area contributed by atoms with Crippen LogP contribution in [0.25, 0.3) is 0 Å². The van der Waals surface area contributed by atoms with Crippen molar-refractivity contribution in [1.29, 1.82) is 0 Å². The van der Waals surface area contributed by atoms with E-state index in [1.165, 1.54) is 0 Å². The van der Waals surface area contributed by atoms with Gasteiger partial charge in [-0.05, 0) is 17.7 Å². The lowest BCUT2D eigenvalue weighted by molar-refractivity contribution is -0.908. The highest BCUT2D eigenvalue weighted by Gasteiger charge is 2.24. The van der Waals surface area contributed by atoms with E-state index in [4.69, 9.17) is 18.9 Å². The zero-order chi connectivity index (χ0) is 20.5. The lowest BCUT2D eigenvalue weighted by Gasteiger charge is -2.33. The van der Waals surface area contributed by atoms with E-state index in [0.29, 0.717) is 44.3 Å². The number of hydrogen-bond acceptors (Lipinski definition) is 5. The van der Waals surface area contributed by atoms with Crippen LogP contribution in [-0.2, 0) is 16.0 Å². The number of methoxy groups -OCH3 is 2. The van der Waals surface area contributed by atoms with Gasteiger partial charge < -0.3 is 33.6 Å². The SMILES string of the molecule is COc1ccc(CN(CCC[NH+]2CCOCC2)C(=O)N2CCOCC2)cc1OC. The van der Waals surface area contributed by atoms with E-state index in [2.05, 4.69) is 0 Å². The first kappa shape index (κ1) is 21.7. The number of carbonyl (C=O) groups excluding carboxylic acids is 1. The van der Waals surface area contributed by atoms with Crippen molar-refractivity contribution >= 4 is 6.03 Å². The normalized spacial score (nSPS) is 17.8. The van der Waals surface area contributed by atoms with Crippen LogP contribution in [0.4, 0.5) is 4.79 Å². The summed E-state index contributed by atoms with van der Waals surface area (Å²) in [5.74, 6) is 1.37. The molecule has 162 valence electrons. The molecule has 2 aliphatic heterocycles. The Hall–Kier alpha value is -2.03. The number of nitrogens with zero attached hydrogens (tertiary/aromatic N) is 2. The minimum Gasteiger partial charge on any atom is -0.493 e. The van der Waals surface area contributed by atoms with Crippen LogP contribution in [0, 0.1) is 0 Å². The molecule has 0 aliphatic carbocycles. The summed E-state index contributed by atoms with van der Waals surface area (Å²) in [6.07, 6.45) is 0.971. The number of nitrogens with one attached hydrogen (secondary N) is 1. The summed E-state index contributed by atoms with van der Waals surface area (Å²) >= 11 is 0. The first-order valence-corrected chi connectivity index (χ1v) is 10.4. The second-order valence-electron chi connectivity index (χ2n) is 7.46. The van der Waals surface area contributed by atoms with Crippen LogP contribution in [0.3, 0.4) is 0 Å². The molecule has 3 rings (SSSR count). The largest absolute Gasteiger partial charge is 0.493 e. The molecule has 2 saturated heterocycles. The minimum atomic E-state index is 0.0834. The first-order chi connectivity index (χ1) is 14.2. The number of hydrogen-bond donors (Lipinski definition) is 1. The summed E-state index contributed by atoms with van der Waals surface area (Å²) in [6.45, 7) is 8.61. The molecule has 0 aromatic heterocycles. The third kappa shape index (κ3) is 6.22. The van der Waals surface area contributed by atoms with Crippen molar-refractivity contribution in [3.05, 3.63) is 23.8 Å². The van der Waals surface area contributed by atoms with E-state index in [1.807, 2.05) is 28.0 Å². The molecule has 1 aromatic carbocycles. The van der Waals surface area contributed by atoms with Crippen molar-refractivity contribution in [1.82, 2.24) is 9.80 Å². The fourth-order valence-electron chi connectivity index (χ4n) is 3.83. The molecule has 8 heteroatoms. The zero-order valence-corrected chi connectivity index (χ0v) is 17.7. The Bertz CT molecular complexity index is 645. The molecule has 0 bridgehead atoms. The molecule has 2 heterocycles. The van der Waals surface area contributed by atoms with Gasteiger partial charge in [-0.1, -0.05) is 6.07 Å². The molecule has 29 heavy (non-hydrogen) atoms. The Morgan fingerprint density at radius 1 is 1.07 bits per heavy atom. The molecule has 8 nitrogen and oxygen atoms in total. The smallest absolute Gasteiger partial charge is 0.320 e. The summed E-state index contributed by atoms with van der Waals surface area (Å²) in [5, 5.41) is 0. The van der Waals surface area contributed by atoms with Gasteiger partial charge in [0.2, 0.25) is 0 Å². The summed E-state index contributed by atoms with van der Waals surface area (Å²) in [5.41, 5.74) is 1.03. The Labute approximate surface area is 173 Å². The van der Waals surface area contributed by atoms with Gasteiger partial charge in [0.05, 0.1) is 47.2 Å². The predicted octanol–water partition coefficient (Wildman–Crippen LogP) is 0.263. The summed E-state index contributed by atoms with van der Waals surface area (Å²) in [7, 11) is 3.25. The standard InChI is InChI=1S/C21H33N3O5/c1-26-19-5-4-18(16-20(19)27-2)17-24(21(25)23-10-14-29-15-11-23)7-3-6-22-8-12-28-13-9-22/h4-5,16H,3,6-15,17H2,1-2H3/p+1. The van der Waals surface area contributed by atoms with E-state index in [0.717, 1.165) is 51.4 Å². The van der Waals surface area contributed by atoms with Crippen molar-refractivity contribution in [2.24, 2.45) is 0 Å². The third-order valence-corrected chi connectivity index (χ3v) is 5.53. The van der Waals surface area contributed by atoms with Crippen LogP contribution in [-0.4, -0.2) is 95.7 Å². The number of morpholine rings is 2. The van der Waals surface area contributed by atoms with Gasteiger partial charge in [0, 0.05) is 32.6 Å². The highest BCUT2D eigenvalue weighted by Crippen LogP contribution is 2.28. The maximum atomic E-state index is 13.2. The quantitative estimate of drug-likeness (QED) is 0.669. The van der Waals surface area contributed by atoms with Gasteiger partial charge >= 0.3 is 6.03 Å². The topological polar surface area (TPSA) is 64.9 Å². The van der Waals surface area contributed by atoms with E-state index in [9.17, 15) is 4.79 Å². The second-order valence-corrected chi connectivity index (χ2v) is 7.46. The lowest BCUT2D eigenvalue weighted by atomic mass is 10.2. The van der Waals surface area contributed by atoms with E-state index < -0.39 is 0 Å². The van der Waals surface area contributed by atoms with Gasteiger partial charge in [0.25, 0.3) is 0 Å². The molecule has 0 spiro atoms. The molecule has 0 saturated carbocycles. The number of urea groups is 1. The van der Waals surface area contributed by atoms with Gasteiger partial charge in [0.1, 0.15) is 13.1 Å². The Morgan fingerprint density at radius 3 is 2.45 bits per heavy atom. The third-order valence-electron chi connectivity index (χ3n) is 5.53. The second kappa shape index (κ2) is 11.2. The average molecular weight is 409 g/mol. The number of benzene rings is 1. The van der Waals surface area contributed by atoms with Crippen LogP contribution in [0.15, 0.2) is 18.2 Å². The van der Waals surface area contributed by atoms with Crippen molar-refractivity contribution in [3.8, 4) is 11.5 Å². The molecule has 0 unspecified atom stereocenters. The summed E-state index contributed by atoms with van der Waals surface area (Å²) in [4.78, 5) is 18.6. The summed E-state index contributed by atoms with van der Waals surface area (Å²) in [6, 6.07) is 5.92. The maximum absolute atomic E-state index is 13.2. The van der Waals surface area contributed by atoms with Crippen LogP contribution >= 0.6 is 0 Å². The van der Waals surface area contributed by atoms with Gasteiger partial charge in [-0.2, -0.15) is 0 Å². The van der Waals surface area contributed by atoms with Crippen LogP contribution in [0.5, 0.6) is 11.5 Å². The Balaban J connectivity index is 1.65. The lowest BCUT2D eigenvalue weighted by Crippen LogP contribution is -3.14. The van der Waals surface area contributed by atoms with Crippen LogP contribution in [0.1, 0.15) is 12.0 Å². The first-order valence-electron chi connectivity index (χ1n) is 10.4. The fourth-order valence-corrected chi connectivity index (χ4v) is 3.83. The van der Waals surface area contributed by atoms with E-state index in [1.54, 1.807) is 19.1 Å². The van der Waals surface area contributed by atoms with Gasteiger partial charge in [-0.15, -0.1) is 0 Å². The number of ether oxygens (including phenoxy) is 4. The fraction of sp³-hybridized carbons (Fsp3) is 0.667. The number of amides is 2. The highest BCUT2D eigenvalue weighted by atomic mass is 16.5. The Morgan fingerprint density at radius 2 is 1.76 bits per heavy atom. The molecule has 2 aliphatic rings. The van der Waals surface area contributed by atoms with Crippen LogP contribution in [0.2, 0.25) is 0 Å². The average Bonchev–Trinajstić information content (AvgIpc) is 2.79. The van der Waals surface area contributed by atoms with Crippen molar-refractivity contribution in [2.45, 2.75) is 13.0 Å². The molecular formula is C21H34N3O5+. The van der Waals surface area contributed by atoms with Gasteiger partial charge in [-0.25, -0.2) is 4.79 Å². The molecule has 2 amide bonds. The highest BCUT2D eigenvalue weighted by molar-refractivity contribution is 5.74. The summed E-state index contributed by atoms with van der Waals surface area (Å²) < 4.78 is 21.6. The van der Waals surface area contributed by atoms with Gasteiger partial charge in [-0.3, -0.25) is 0 Å². The number of carbonyl (C=O) groups is 1. The maximum Gasteiger partial charge on any atom is 0.320 e. The van der Waals surface area contributed by atoms with Gasteiger partial charge in [0.15, 0.2) is 11.5 Å². The number of rotatable bonds is 8. The van der Waals surface area contributed by atoms with Crippen molar-refractivity contribution in [3.63, 3.8) is 0 Å². The van der Waals surface area contributed by atoms with Crippen molar-refractivity contribution in [2.75, 3.05) is 79.9 Å². The molecular weight excluding hydrogens is 374 g/mol. The monoisotopic (exact) mass is 408 g/mol. The van der Waals surface area contributed by atoms with Crippen LogP contribution < -0.4 is 14.4 Å². The minimum absolute atomic E-state index is 0.0834. The van der Waals surface area contributed by atoms with E-state index in [-0.39, 0.29) is 6.03 Å².